The van der Waals surface area contributed by atoms with Crippen molar-refractivity contribution in [1.29, 1.82) is 0 Å². The molecule has 2 unspecified atom stereocenters. The van der Waals surface area contributed by atoms with Gasteiger partial charge in [0.1, 0.15) is 0 Å². The molecule has 2 atom stereocenters. The van der Waals surface area contributed by atoms with Crippen LogP contribution >= 0.6 is 0 Å². The Kier molecular flexibility index (Phi) is 1.76. The summed E-state index contributed by atoms with van der Waals surface area (Å²) in [6.45, 7) is 8.60. The summed E-state index contributed by atoms with van der Waals surface area (Å²) < 4.78 is 25.6. The molecule has 13 heavy (non-hydrogen) atoms. The third kappa shape index (κ3) is 1.58. The highest BCUT2D eigenvalue weighted by molar-refractivity contribution is 5.12. The van der Waals surface area contributed by atoms with Gasteiger partial charge >= 0.3 is 0 Å². The molecule has 0 N–H and O–H groups in total. The Labute approximate surface area is 78.1 Å². The third-order valence-electron chi connectivity index (χ3n) is 2.97. The van der Waals surface area contributed by atoms with E-state index in [-0.39, 0.29) is 17.3 Å². The summed E-state index contributed by atoms with van der Waals surface area (Å²) in [7, 11) is 0. The Bertz CT molecular complexity index is 205. The van der Waals surface area contributed by atoms with Gasteiger partial charge in [-0.15, -0.1) is 0 Å². The summed E-state index contributed by atoms with van der Waals surface area (Å²) in [6, 6.07) is 0. The lowest BCUT2D eigenvalue weighted by Gasteiger charge is -2.27. The first-order chi connectivity index (χ1) is 5.81. The number of nitrogens with zero attached hydrogens (tertiary/aromatic N) is 1. The van der Waals surface area contributed by atoms with Crippen LogP contribution in [-0.2, 0) is 0 Å². The van der Waals surface area contributed by atoms with E-state index >= 15 is 0 Å². The number of hydrogen-bond donors (Lipinski definition) is 0. The zero-order valence-electron chi connectivity index (χ0n) is 8.48. The lowest BCUT2D eigenvalue weighted by molar-refractivity contribution is 0.0465. The largest absolute Gasteiger partial charge is 0.302 e. The monoisotopic (exact) mass is 189 g/mol. The molecule has 3 heteroatoms. The van der Waals surface area contributed by atoms with E-state index in [2.05, 4.69) is 25.7 Å². The molecule has 0 amide bonds. The van der Waals surface area contributed by atoms with E-state index in [0.717, 1.165) is 6.54 Å². The van der Waals surface area contributed by atoms with E-state index in [9.17, 15) is 8.78 Å². The van der Waals surface area contributed by atoms with Crippen molar-refractivity contribution < 1.29 is 8.78 Å². The zero-order chi connectivity index (χ0) is 9.85. The standard InChI is InChI=1S/C10H17F2N/c1-9(2,3)6-13-4-7-8(5-13)10(7,11)12/h7-8H,4-6H2,1-3H3. The number of likely N-dealkylation sites (tertiary alicyclic amines) is 1. The van der Waals surface area contributed by atoms with Crippen molar-refractivity contribution >= 4 is 0 Å². The van der Waals surface area contributed by atoms with Gasteiger partial charge in [-0.05, 0) is 5.41 Å². The molecule has 0 spiro atoms. The first-order valence-corrected chi connectivity index (χ1v) is 4.91. The van der Waals surface area contributed by atoms with Gasteiger partial charge in [-0.25, -0.2) is 8.78 Å². The molecule has 1 aliphatic carbocycles. The molecular formula is C10H17F2N. The number of piperidine rings is 1. The van der Waals surface area contributed by atoms with E-state index in [1.54, 1.807) is 0 Å². The van der Waals surface area contributed by atoms with Gasteiger partial charge in [-0.3, -0.25) is 0 Å². The molecule has 1 saturated carbocycles. The Balaban J connectivity index is 1.85. The maximum atomic E-state index is 12.8. The Morgan fingerprint density at radius 2 is 1.69 bits per heavy atom. The first-order valence-electron chi connectivity index (χ1n) is 4.91. The molecule has 1 saturated heterocycles. The van der Waals surface area contributed by atoms with Crippen molar-refractivity contribution in [3.63, 3.8) is 0 Å². The lowest BCUT2D eigenvalue weighted by atomic mass is 9.96. The molecule has 0 bridgehead atoms. The summed E-state index contributed by atoms with van der Waals surface area (Å²) in [4.78, 5) is 2.17. The van der Waals surface area contributed by atoms with E-state index in [4.69, 9.17) is 0 Å². The molecule has 0 aromatic heterocycles. The van der Waals surface area contributed by atoms with Gasteiger partial charge < -0.3 is 4.90 Å². The second-order valence-electron chi connectivity index (χ2n) is 5.64. The topological polar surface area (TPSA) is 3.24 Å². The molecule has 2 fully saturated rings. The fraction of sp³-hybridized carbons (Fsp3) is 1.00. The van der Waals surface area contributed by atoms with Crippen molar-refractivity contribution in [2.24, 2.45) is 17.3 Å². The summed E-state index contributed by atoms with van der Waals surface area (Å²) in [5.41, 5.74) is 0.228. The molecule has 0 aromatic carbocycles. The highest BCUT2D eigenvalue weighted by atomic mass is 19.3. The number of rotatable bonds is 1. The first kappa shape index (κ1) is 9.38. The van der Waals surface area contributed by atoms with Crippen LogP contribution in [0.5, 0.6) is 0 Å². The van der Waals surface area contributed by atoms with Gasteiger partial charge in [0.05, 0.1) is 0 Å². The van der Waals surface area contributed by atoms with Crippen molar-refractivity contribution in [2.45, 2.75) is 26.7 Å². The van der Waals surface area contributed by atoms with Crippen LogP contribution in [0.2, 0.25) is 0 Å². The van der Waals surface area contributed by atoms with Gasteiger partial charge in [-0.1, -0.05) is 20.8 Å². The lowest BCUT2D eigenvalue weighted by Crippen LogP contribution is -2.34. The highest BCUT2D eigenvalue weighted by Gasteiger charge is 2.71. The average molecular weight is 189 g/mol. The minimum atomic E-state index is -2.33. The Hall–Kier alpha value is -0.180. The van der Waals surface area contributed by atoms with Crippen LogP contribution in [0.25, 0.3) is 0 Å². The van der Waals surface area contributed by atoms with Gasteiger partial charge in [0.2, 0.25) is 0 Å². The van der Waals surface area contributed by atoms with Gasteiger partial charge in [0.15, 0.2) is 0 Å². The predicted octanol–water partition coefficient (Wildman–Crippen LogP) is 2.23. The highest BCUT2D eigenvalue weighted by Crippen LogP contribution is 2.59. The summed E-state index contributed by atoms with van der Waals surface area (Å²) >= 11 is 0. The molecule has 0 aromatic rings. The Morgan fingerprint density at radius 3 is 2.08 bits per heavy atom. The number of hydrogen-bond acceptors (Lipinski definition) is 1. The van der Waals surface area contributed by atoms with E-state index < -0.39 is 5.92 Å². The molecule has 1 aliphatic heterocycles. The van der Waals surface area contributed by atoms with Crippen LogP contribution in [-0.4, -0.2) is 30.5 Å². The molecule has 0 radical (unpaired) electrons. The molecule has 2 aliphatic rings. The minimum Gasteiger partial charge on any atom is -0.302 e. The van der Waals surface area contributed by atoms with E-state index in [1.807, 2.05) is 0 Å². The molecule has 2 rings (SSSR count). The number of alkyl halides is 2. The van der Waals surface area contributed by atoms with Crippen LogP contribution in [0.15, 0.2) is 0 Å². The smallest absolute Gasteiger partial charge is 0.257 e. The third-order valence-corrected chi connectivity index (χ3v) is 2.97. The van der Waals surface area contributed by atoms with Crippen LogP contribution < -0.4 is 0 Å². The second kappa shape index (κ2) is 2.44. The van der Waals surface area contributed by atoms with Crippen LogP contribution in [0, 0.1) is 17.3 Å². The maximum absolute atomic E-state index is 12.8. The zero-order valence-corrected chi connectivity index (χ0v) is 8.48. The van der Waals surface area contributed by atoms with Crippen molar-refractivity contribution in [3.8, 4) is 0 Å². The van der Waals surface area contributed by atoms with Crippen molar-refractivity contribution in [1.82, 2.24) is 4.90 Å². The SMILES string of the molecule is CC(C)(C)CN1CC2C(C1)C2(F)F. The summed E-state index contributed by atoms with van der Waals surface area (Å²) in [5.74, 6) is -2.97. The van der Waals surface area contributed by atoms with Crippen molar-refractivity contribution in [2.75, 3.05) is 19.6 Å². The predicted molar refractivity (Wildman–Crippen MR) is 47.8 cm³/mol. The fourth-order valence-corrected chi connectivity index (χ4v) is 2.39. The van der Waals surface area contributed by atoms with Crippen molar-refractivity contribution in [3.05, 3.63) is 0 Å². The number of halogens is 2. The molecular weight excluding hydrogens is 172 g/mol. The minimum absolute atomic E-state index is 0.228. The van der Waals surface area contributed by atoms with Crippen LogP contribution in [0.4, 0.5) is 8.78 Å². The van der Waals surface area contributed by atoms with Crippen LogP contribution in [0.1, 0.15) is 20.8 Å². The maximum Gasteiger partial charge on any atom is 0.257 e. The fourth-order valence-electron chi connectivity index (χ4n) is 2.39. The Morgan fingerprint density at radius 1 is 1.23 bits per heavy atom. The summed E-state index contributed by atoms with van der Waals surface area (Å²) in [5, 5.41) is 0. The van der Waals surface area contributed by atoms with Gasteiger partial charge in [0.25, 0.3) is 5.92 Å². The molecule has 1 nitrogen and oxygen atoms in total. The normalized spacial score (nSPS) is 37.6. The molecule has 76 valence electrons. The van der Waals surface area contributed by atoms with Gasteiger partial charge in [-0.2, -0.15) is 0 Å². The number of fused-ring (bicyclic) bond motifs is 1. The quantitative estimate of drug-likeness (QED) is 0.611. The summed E-state index contributed by atoms with van der Waals surface area (Å²) in [6.07, 6.45) is 0. The second-order valence-corrected chi connectivity index (χ2v) is 5.64. The average Bonchev–Trinajstić information content (AvgIpc) is 2.38. The van der Waals surface area contributed by atoms with E-state index in [1.165, 1.54) is 0 Å². The van der Waals surface area contributed by atoms with Crippen LogP contribution in [0.3, 0.4) is 0 Å². The van der Waals surface area contributed by atoms with E-state index in [0.29, 0.717) is 13.1 Å². The molecule has 1 heterocycles. The van der Waals surface area contributed by atoms with Gasteiger partial charge in [0, 0.05) is 31.5 Å².